The number of hydrogen-bond acceptors (Lipinski definition) is 8. The minimum atomic E-state index is -0.516. The van der Waals surface area contributed by atoms with Gasteiger partial charge in [0.15, 0.2) is 5.65 Å². The van der Waals surface area contributed by atoms with Crippen LogP contribution in [0.5, 0.6) is 5.75 Å². The SMILES string of the molecule is N#Cc1cc(-c2ccnc3c2cc(-c2ccc(N4CCOCC4)cc2)n3Sc2ccccc2)ccc1OC1CCN(C(=O)CO)C1. The van der Waals surface area contributed by atoms with Gasteiger partial charge in [-0.2, -0.15) is 5.26 Å². The number of carbonyl (C=O) groups excluding carboxylic acids is 1. The van der Waals surface area contributed by atoms with Crippen LogP contribution in [0.25, 0.3) is 33.4 Å². The van der Waals surface area contributed by atoms with Crippen molar-refractivity contribution < 1.29 is 19.4 Å². The van der Waals surface area contributed by atoms with E-state index in [0.29, 0.717) is 30.8 Å². The lowest BCUT2D eigenvalue weighted by Crippen LogP contribution is -2.36. The topological polar surface area (TPSA) is 104 Å². The van der Waals surface area contributed by atoms with Crippen LogP contribution < -0.4 is 9.64 Å². The summed E-state index contributed by atoms with van der Waals surface area (Å²) in [4.78, 5) is 21.8. The van der Waals surface area contributed by atoms with Crippen molar-refractivity contribution in [3.63, 3.8) is 0 Å². The predicted octanol–water partition coefficient (Wildman–Crippen LogP) is 5.61. The number of morpholine rings is 1. The Bertz CT molecular complexity index is 1900. The number of carbonyl (C=O) groups is 1. The van der Waals surface area contributed by atoms with Crippen molar-refractivity contribution in [3.8, 4) is 34.2 Å². The van der Waals surface area contributed by atoms with Crippen molar-refractivity contribution >= 4 is 34.6 Å². The largest absolute Gasteiger partial charge is 0.487 e. The van der Waals surface area contributed by atoms with Gasteiger partial charge >= 0.3 is 0 Å². The highest BCUT2D eigenvalue weighted by atomic mass is 32.2. The van der Waals surface area contributed by atoms with Crippen LogP contribution >= 0.6 is 11.9 Å². The highest BCUT2D eigenvalue weighted by Gasteiger charge is 2.28. The van der Waals surface area contributed by atoms with Gasteiger partial charge in [-0.1, -0.05) is 36.4 Å². The van der Waals surface area contributed by atoms with Crippen LogP contribution in [0.4, 0.5) is 5.69 Å². The Kier molecular flexibility index (Phi) is 8.62. The molecule has 2 saturated heterocycles. The summed E-state index contributed by atoms with van der Waals surface area (Å²) in [6.45, 7) is 3.64. The molecule has 1 amide bonds. The molecule has 9 nitrogen and oxygen atoms in total. The number of anilines is 1. The van der Waals surface area contributed by atoms with Gasteiger partial charge in [0.1, 0.15) is 24.5 Å². The maximum atomic E-state index is 11.9. The summed E-state index contributed by atoms with van der Waals surface area (Å²) in [5.74, 6) is 0.173. The molecule has 0 radical (unpaired) electrons. The molecule has 0 bridgehead atoms. The van der Waals surface area contributed by atoms with Crippen molar-refractivity contribution in [2.75, 3.05) is 50.9 Å². The second-order valence-corrected chi connectivity index (χ2v) is 12.3. The minimum Gasteiger partial charge on any atom is -0.487 e. The van der Waals surface area contributed by atoms with Crippen molar-refractivity contribution in [2.24, 2.45) is 0 Å². The lowest BCUT2D eigenvalue weighted by molar-refractivity contribution is -0.133. The highest BCUT2D eigenvalue weighted by Crippen LogP contribution is 2.39. The average molecular weight is 632 g/mol. The fourth-order valence-electron chi connectivity index (χ4n) is 6.09. The third-order valence-electron chi connectivity index (χ3n) is 8.48. The lowest BCUT2D eigenvalue weighted by Gasteiger charge is -2.28. The number of benzene rings is 3. The number of nitriles is 1. The fraction of sp³-hybridized carbons (Fsp3) is 0.250. The van der Waals surface area contributed by atoms with Gasteiger partial charge in [0.2, 0.25) is 5.91 Å². The van der Waals surface area contributed by atoms with E-state index in [9.17, 15) is 15.2 Å². The number of rotatable bonds is 8. The summed E-state index contributed by atoms with van der Waals surface area (Å²) in [5.41, 5.74) is 6.39. The zero-order chi connectivity index (χ0) is 31.5. The molecular weight excluding hydrogens is 598 g/mol. The van der Waals surface area contributed by atoms with E-state index in [-0.39, 0.29) is 12.0 Å². The van der Waals surface area contributed by atoms with E-state index in [1.54, 1.807) is 16.8 Å². The third-order valence-corrected chi connectivity index (χ3v) is 9.51. The Labute approximate surface area is 271 Å². The van der Waals surface area contributed by atoms with Crippen molar-refractivity contribution in [1.29, 1.82) is 5.26 Å². The Balaban J connectivity index is 1.24. The zero-order valence-corrected chi connectivity index (χ0v) is 26.0. The molecule has 5 aromatic rings. The number of ether oxygens (including phenoxy) is 2. The number of nitrogens with zero attached hydrogens (tertiary/aromatic N) is 5. The number of fused-ring (bicyclic) bond motifs is 1. The molecule has 0 aliphatic carbocycles. The smallest absolute Gasteiger partial charge is 0.248 e. The van der Waals surface area contributed by atoms with Gasteiger partial charge in [-0.05, 0) is 77.2 Å². The first-order valence-electron chi connectivity index (χ1n) is 15.4. The maximum absolute atomic E-state index is 11.9. The number of aliphatic hydroxyl groups excluding tert-OH is 1. The molecule has 0 saturated carbocycles. The molecule has 2 aromatic heterocycles. The first-order valence-corrected chi connectivity index (χ1v) is 16.2. The third kappa shape index (κ3) is 6.05. The average Bonchev–Trinajstić information content (AvgIpc) is 3.74. The molecule has 1 atom stereocenters. The number of amides is 1. The molecule has 2 fully saturated rings. The Morgan fingerprint density at radius 2 is 1.78 bits per heavy atom. The molecule has 7 rings (SSSR count). The minimum absolute atomic E-state index is 0.234. The van der Waals surface area contributed by atoms with Gasteiger partial charge in [0.25, 0.3) is 0 Å². The normalized spacial score (nSPS) is 16.5. The van der Waals surface area contributed by atoms with Crippen LogP contribution in [-0.4, -0.2) is 77.0 Å². The van der Waals surface area contributed by atoms with Gasteiger partial charge in [-0.3, -0.25) is 8.77 Å². The Morgan fingerprint density at radius 3 is 2.54 bits per heavy atom. The maximum Gasteiger partial charge on any atom is 0.248 e. The quantitative estimate of drug-likeness (QED) is 0.236. The molecule has 46 heavy (non-hydrogen) atoms. The molecule has 2 aliphatic heterocycles. The second kappa shape index (κ2) is 13.3. The van der Waals surface area contributed by atoms with E-state index >= 15 is 0 Å². The van der Waals surface area contributed by atoms with Gasteiger partial charge in [0.05, 0.1) is 31.0 Å². The van der Waals surface area contributed by atoms with Crippen molar-refractivity contribution in [1.82, 2.24) is 13.9 Å². The van der Waals surface area contributed by atoms with Crippen molar-refractivity contribution in [2.45, 2.75) is 17.4 Å². The molecule has 10 heteroatoms. The van der Waals surface area contributed by atoms with E-state index in [0.717, 1.165) is 64.6 Å². The molecule has 1 N–H and O–H groups in total. The van der Waals surface area contributed by atoms with Gasteiger partial charge in [-0.25, -0.2) is 4.98 Å². The van der Waals surface area contributed by atoms with Crippen LogP contribution in [0.2, 0.25) is 0 Å². The summed E-state index contributed by atoms with van der Waals surface area (Å²) >= 11 is 1.62. The number of pyridine rings is 1. The number of likely N-dealkylation sites (tertiary alicyclic amines) is 1. The summed E-state index contributed by atoms with van der Waals surface area (Å²) in [7, 11) is 0. The predicted molar refractivity (Wildman–Crippen MR) is 179 cm³/mol. The van der Waals surface area contributed by atoms with Crippen LogP contribution in [0.1, 0.15) is 12.0 Å². The molecule has 4 heterocycles. The van der Waals surface area contributed by atoms with Crippen LogP contribution in [0.15, 0.2) is 96.0 Å². The lowest BCUT2D eigenvalue weighted by atomic mass is 10.0. The number of hydrogen-bond donors (Lipinski definition) is 1. The summed E-state index contributed by atoms with van der Waals surface area (Å²) < 4.78 is 13.9. The summed E-state index contributed by atoms with van der Waals surface area (Å²) in [5, 5.41) is 20.2. The van der Waals surface area contributed by atoms with Gasteiger partial charge in [-0.15, -0.1) is 0 Å². The van der Waals surface area contributed by atoms with E-state index in [2.05, 4.69) is 57.4 Å². The van der Waals surface area contributed by atoms with E-state index in [4.69, 9.17) is 14.5 Å². The van der Waals surface area contributed by atoms with Gasteiger partial charge in [0, 0.05) is 48.2 Å². The van der Waals surface area contributed by atoms with Crippen LogP contribution in [0.3, 0.4) is 0 Å². The molecular formula is C36H33N5O4S. The first kappa shape index (κ1) is 29.9. The molecule has 1 unspecified atom stereocenters. The van der Waals surface area contributed by atoms with Gasteiger partial charge < -0.3 is 24.4 Å². The fourth-order valence-corrected chi connectivity index (χ4v) is 7.07. The van der Waals surface area contributed by atoms with E-state index in [1.807, 2.05) is 48.7 Å². The zero-order valence-electron chi connectivity index (χ0n) is 25.2. The molecule has 232 valence electrons. The van der Waals surface area contributed by atoms with Crippen LogP contribution in [-0.2, 0) is 9.53 Å². The Hall–Kier alpha value is -4.82. The Morgan fingerprint density at radius 1 is 1.00 bits per heavy atom. The monoisotopic (exact) mass is 631 g/mol. The van der Waals surface area contributed by atoms with Crippen molar-refractivity contribution in [3.05, 3.63) is 96.7 Å². The summed E-state index contributed by atoms with van der Waals surface area (Å²) in [6, 6.07) is 31.0. The number of aliphatic hydroxyl groups is 1. The van der Waals surface area contributed by atoms with Crippen LogP contribution in [0, 0.1) is 11.3 Å². The van der Waals surface area contributed by atoms with E-state index < -0.39 is 6.61 Å². The molecule has 3 aromatic carbocycles. The highest BCUT2D eigenvalue weighted by molar-refractivity contribution is 7.98. The molecule has 2 aliphatic rings. The first-order chi connectivity index (χ1) is 22.6. The standard InChI is InChI=1S/C36H33N5O4S/c37-22-27-20-26(8-11-34(27)45-29-13-15-40(23-29)35(43)24-42)31-12-14-38-36-32(31)21-33(41(36)46-30-4-2-1-3-5-30)25-6-9-28(10-7-25)39-16-18-44-19-17-39/h1-12,14,20-21,29,42H,13,15-19,23-24H2. The summed E-state index contributed by atoms with van der Waals surface area (Å²) in [6.07, 6.45) is 2.22. The second-order valence-electron chi connectivity index (χ2n) is 11.3. The molecule has 0 spiro atoms. The van der Waals surface area contributed by atoms with E-state index in [1.165, 1.54) is 5.69 Å². The number of aromatic nitrogens is 2.